The summed E-state index contributed by atoms with van der Waals surface area (Å²) >= 11 is 3.01. The second-order valence-corrected chi connectivity index (χ2v) is 4.96. The highest BCUT2D eigenvalue weighted by molar-refractivity contribution is 9.10. The number of benzene rings is 1. The van der Waals surface area contributed by atoms with E-state index in [9.17, 15) is 14.0 Å². The molecule has 0 spiro atoms. The molecule has 0 bridgehead atoms. The maximum absolute atomic E-state index is 13.5. The monoisotopic (exact) mass is 311 g/mol. The molecule has 2 rings (SSSR count). The van der Waals surface area contributed by atoms with Crippen molar-refractivity contribution in [2.45, 2.75) is 13.3 Å². The average molecular weight is 312 g/mol. The SMILES string of the molecule is C=C(CC)CN1C(=O)C(=O)c2cc(Br)c(F)cc21. The molecule has 1 heterocycles. The average Bonchev–Trinajstić information content (AvgIpc) is 2.56. The number of fused-ring (bicyclic) bond motifs is 1. The molecule has 1 aromatic carbocycles. The summed E-state index contributed by atoms with van der Waals surface area (Å²) in [4.78, 5) is 24.9. The molecule has 0 saturated heterocycles. The molecule has 0 N–H and O–H groups in total. The molecule has 0 unspecified atom stereocenters. The van der Waals surface area contributed by atoms with Crippen molar-refractivity contribution in [3.05, 3.63) is 40.1 Å². The number of carbonyl (C=O) groups is 2. The van der Waals surface area contributed by atoms with Crippen molar-refractivity contribution in [2.24, 2.45) is 0 Å². The fraction of sp³-hybridized carbons (Fsp3) is 0.231. The van der Waals surface area contributed by atoms with Gasteiger partial charge in [-0.05, 0) is 34.5 Å². The lowest BCUT2D eigenvalue weighted by Gasteiger charge is -2.17. The van der Waals surface area contributed by atoms with Crippen molar-refractivity contribution in [1.29, 1.82) is 0 Å². The fourth-order valence-electron chi connectivity index (χ4n) is 1.78. The second-order valence-electron chi connectivity index (χ2n) is 4.11. The number of ketones is 1. The van der Waals surface area contributed by atoms with Gasteiger partial charge in [-0.3, -0.25) is 9.59 Å². The first kappa shape index (κ1) is 13.0. The molecule has 18 heavy (non-hydrogen) atoms. The van der Waals surface area contributed by atoms with Crippen molar-refractivity contribution in [3.63, 3.8) is 0 Å². The van der Waals surface area contributed by atoms with Crippen molar-refractivity contribution in [3.8, 4) is 0 Å². The maximum Gasteiger partial charge on any atom is 0.299 e. The number of hydrogen-bond donors (Lipinski definition) is 0. The second kappa shape index (κ2) is 4.65. The predicted octanol–water partition coefficient (Wildman–Crippen LogP) is 3.08. The number of carbonyl (C=O) groups excluding carboxylic acids is 2. The van der Waals surface area contributed by atoms with Gasteiger partial charge in [0.25, 0.3) is 11.7 Å². The summed E-state index contributed by atoms with van der Waals surface area (Å²) in [5.41, 5.74) is 1.37. The van der Waals surface area contributed by atoms with Gasteiger partial charge < -0.3 is 4.90 Å². The Morgan fingerprint density at radius 1 is 1.44 bits per heavy atom. The summed E-state index contributed by atoms with van der Waals surface area (Å²) in [6.45, 7) is 5.96. The smallest absolute Gasteiger partial charge is 0.299 e. The van der Waals surface area contributed by atoms with Crippen molar-refractivity contribution >= 4 is 33.3 Å². The molecule has 0 aromatic heterocycles. The molecule has 5 heteroatoms. The summed E-state index contributed by atoms with van der Waals surface area (Å²) < 4.78 is 13.7. The highest BCUT2D eigenvalue weighted by Gasteiger charge is 2.36. The third-order valence-electron chi connectivity index (χ3n) is 2.90. The van der Waals surface area contributed by atoms with Crippen molar-refractivity contribution < 1.29 is 14.0 Å². The minimum Gasteiger partial charge on any atom is -0.301 e. The number of halogens is 2. The Morgan fingerprint density at radius 3 is 2.72 bits per heavy atom. The van der Waals surface area contributed by atoms with Gasteiger partial charge in [0.05, 0.1) is 15.7 Å². The first-order chi connectivity index (χ1) is 8.45. The van der Waals surface area contributed by atoms with Gasteiger partial charge in [0.15, 0.2) is 0 Å². The molecular weight excluding hydrogens is 301 g/mol. The molecule has 1 amide bonds. The highest BCUT2D eigenvalue weighted by Crippen LogP contribution is 2.33. The number of amides is 1. The number of rotatable bonds is 3. The Balaban J connectivity index is 2.48. The molecule has 1 aromatic rings. The number of anilines is 1. The quantitative estimate of drug-likeness (QED) is 0.635. The molecular formula is C13H11BrFNO2. The van der Waals surface area contributed by atoms with Crippen LogP contribution in [0.4, 0.5) is 10.1 Å². The van der Waals surface area contributed by atoms with E-state index in [1.807, 2.05) is 6.92 Å². The van der Waals surface area contributed by atoms with Crippen molar-refractivity contribution in [1.82, 2.24) is 0 Å². The summed E-state index contributed by atoms with van der Waals surface area (Å²) in [7, 11) is 0. The maximum atomic E-state index is 13.5. The minimum absolute atomic E-state index is 0.179. The van der Waals surface area contributed by atoms with Gasteiger partial charge >= 0.3 is 0 Å². The Labute approximate surface area is 112 Å². The summed E-state index contributed by atoms with van der Waals surface area (Å²) in [5.74, 6) is -1.73. The molecule has 0 aliphatic carbocycles. The molecule has 1 aliphatic heterocycles. The molecule has 0 fully saturated rings. The van der Waals surface area contributed by atoms with E-state index < -0.39 is 17.5 Å². The fourth-order valence-corrected chi connectivity index (χ4v) is 2.12. The van der Waals surface area contributed by atoms with Crippen LogP contribution in [0, 0.1) is 5.82 Å². The zero-order valence-corrected chi connectivity index (χ0v) is 11.4. The van der Waals surface area contributed by atoms with Gasteiger partial charge in [-0.2, -0.15) is 0 Å². The van der Waals surface area contributed by atoms with E-state index in [4.69, 9.17) is 0 Å². The van der Waals surface area contributed by atoms with Gasteiger partial charge in [0.1, 0.15) is 5.82 Å². The Morgan fingerprint density at radius 2 is 2.11 bits per heavy atom. The Bertz CT molecular complexity index is 568. The largest absolute Gasteiger partial charge is 0.301 e. The van der Waals surface area contributed by atoms with E-state index in [1.54, 1.807) is 0 Å². The minimum atomic E-state index is -0.628. The first-order valence-corrected chi connectivity index (χ1v) is 6.27. The standard InChI is InChI=1S/C13H11BrFNO2/c1-3-7(2)6-16-11-5-10(15)9(14)4-8(11)12(17)13(16)18/h4-5H,2-3,6H2,1H3. The van der Waals surface area contributed by atoms with Crippen molar-refractivity contribution in [2.75, 3.05) is 11.4 Å². The van der Waals surface area contributed by atoms with Gasteiger partial charge in [-0.25, -0.2) is 4.39 Å². The molecule has 3 nitrogen and oxygen atoms in total. The van der Waals surface area contributed by atoms with Crippen LogP contribution in [0.15, 0.2) is 28.8 Å². The highest BCUT2D eigenvalue weighted by atomic mass is 79.9. The third-order valence-corrected chi connectivity index (χ3v) is 3.50. The van der Waals surface area contributed by atoms with Gasteiger partial charge in [-0.15, -0.1) is 0 Å². The normalized spacial score (nSPS) is 14.1. The van der Waals surface area contributed by atoms with Crippen LogP contribution in [0.1, 0.15) is 23.7 Å². The zero-order chi connectivity index (χ0) is 13.4. The lowest BCUT2D eigenvalue weighted by atomic mass is 10.1. The zero-order valence-electron chi connectivity index (χ0n) is 9.80. The van der Waals surface area contributed by atoms with E-state index in [0.717, 1.165) is 5.57 Å². The predicted molar refractivity (Wildman–Crippen MR) is 70.2 cm³/mol. The van der Waals surface area contributed by atoms with Crippen LogP contribution in [0.5, 0.6) is 0 Å². The van der Waals surface area contributed by atoms with Gasteiger partial charge in [-0.1, -0.05) is 19.1 Å². The van der Waals surface area contributed by atoms with E-state index in [2.05, 4.69) is 22.5 Å². The van der Waals surface area contributed by atoms with Crippen LogP contribution in [-0.4, -0.2) is 18.2 Å². The van der Waals surface area contributed by atoms with E-state index in [-0.39, 0.29) is 16.6 Å². The molecule has 94 valence electrons. The molecule has 1 aliphatic rings. The van der Waals surface area contributed by atoms with Crippen LogP contribution in [0.3, 0.4) is 0 Å². The van der Waals surface area contributed by atoms with E-state index in [0.29, 0.717) is 12.1 Å². The van der Waals surface area contributed by atoms with Crippen LogP contribution in [0.2, 0.25) is 0 Å². The van der Waals surface area contributed by atoms with E-state index in [1.165, 1.54) is 17.0 Å². The summed E-state index contributed by atoms with van der Waals surface area (Å²) in [6.07, 6.45) is 0.701. The molecule has 0 saturated carbocycles. The molecule has 0 atom stereocenters. The van der Waals surface area contributed by atoms with Crippen LogP contribution in [0.25, 0.3) is 0 Å². The molecule has 0 radical (unpaired) electrons. The lowest BCUT2D eigenvalue weighted by Crippen LogP contribution is -2.31. The van der Waals surface area contributed by atoms with Crippen LogP contribution >= 0.6 is 15.9 Å². The van der Waals surface area contributed by atoms with Gasteiger partial charge in [0, 0.05) is 6.54 Å². The van der Waals surface area contributed by atoms with Crippen LogP contribution < -0.4 is 4.90 Å². The van der Waals surface area contributed by atoms with Crippen LogP contribution in [-0.2, 0) is 4.79 Å². The summed E-state index contributed by atoms with van der Waals surface area (Å²) in [5, 5.41) is 0. The van der Waals surface area contributed by atoms with E-state index >= 15 is 0 Å². The topological polar surface area (TPSA) is 37.4 Å². The first-order valence-electron chi connectivity index (χ1n) is 5.47. The Hall–Kier alpha value is -1.49. The number of Topliss-reactive ketones (excluding diaryl/α,β-unsaturated/α-hetero) is 1. The lowest BCUT2D eigenvalue weighted by molar-refractivity contribution is -0.114. The Kier molecular flexibility index (Phi) is 3.34. The number of hydrogen-bond acceptors (Lipinski definition) is 2. The number of nitrogens with zero attached hydrogens (tertiary/aromatic N) is 1. The third kappa shape index (κ3) is 1.99. The summed E-state index contributed by atoms with van der Waals surface area (Å²) in [6, 6.07) is 2.55. The van der Waals surface area contributed by atoms with Gasteiger partial charge in [0.2, 0.25) is 0 Å².